The van der Waals surface area contributed by atoms with E-state index in [1.54, 1.807) is 14.2 Å². The van der Waals surface area contributed by atoms with E-state index in [1.807, 2.05) is 50.2 Å². The van der Waals surface area contributed by atoms with Gasteiger partial charge in [-0.1, -0.05) is 50.8 Å². The maximum Gasteiger partial charge on any atom is 0.123 e. The standard InChI is InChI=1S/C18H18O2.C2H6/c1-4-15-7-5-6-8-16(15)10-9-14-11-17(19-2)13-18(12-14)20-3;1-2/h5-8,11-13H,4H2,1-3H3;1-2H3. The van der Waals surface area contributed by atoms with Crippen molar-refractivity contribution >= 4 is 0 Å². The van der Waals surface area contributed by atoms with E-state index in [1.165, 1.54) is 5.56 Å². The summed E-state index contributed by atoms with van der Waals surface area (Å²) in [5, 5.41) is 0. The number of hydrogen-bond donors (Lipinski definition) is 0. The van der Waals surface area contributed by atoms with Gasteiger partial charge in [-0.25, -0.2) is 0 Å². The summed E-state index contributed by atoms with van der Waals surface area (Å²) in [7, 11) is 3.27. The highest BCUT2D eigenvalue weighted by atomic mass is 16.5. The Kier molecular flexibility index (Phi) is 7.64. The summed E-state index contributed by atoms with van der Waals surface area (Å²) in [5.74, 6) is 7.89. The summed E-state index contributed by atoms with van der Waals surface area (Å²) in [5.41, 5.74) is 3.21. The first-order valence-corrected chi connectivity index (χ1v) is 7.59. The van der Waals surface area contributed by atoms with Crippen LogP contribution in [0.1, 0.15) is 37.5 Å². The van der Waals surface area contributed by atoms with Gasteiger partial charge < -0.3 is 9.47 Å². The molecule has 0 radical (unpaired) electrons. The van der Waals surface area contributed by atoms with Gasteiger partial charge in [0, 0.05) is 17.2 Å². The zero-order valence-corrected chi connectivity index (χ0v) is 14.1. The third kappa shape index (κ3) is 4.86. The Balaban J connectivity index is 0.00000116. The summed E-state index contributed by atoms with van der Waals surface area (Å²) in [6.07, 6.45) is 0.978. The lowest BCUT2D eigenvalue weighted by Crippen LogP contribution is -1.89. The van der Waals surface area contributed by atoms with Crippen molar-refractivity contribution < 1.29 is 9.47 Å². The Hall–Kier alpha value is -2.40. The zero-order valence-electron chi connectivity index (χ0n) is 14.1. The van der Waals surface area contributed by atoms with E-state index in [4.69, 9.17) is 9.47 Å². The topological polar surface area (TPSA) is 18.5 Å². The van der Waals surface area contributed by atoms with Crippen LogP contribution < -0.4 is 9.47 Å². The van der Waals surface area contributed by atoms with Gasteiger partial charge in [0.05, 0.1) is 14.2 Å². The molecule has 0 saturated carbocycles. The van der Waals surface area contributed by atoms with Crippen molar-refractivity contribution in [2.24, 2.45) is 0 Å². The Morgan fingerprint density at radius 2 is 1.45 bits per heavy atom. The van der Waals surface area contributed by atoms with E-state index in [2.05, 4.69) is 24.8 Å². The van der Waals surface area contributed by atoms with Crippen LogP contribution in [0.3, 0.4) is 0 Å². The van der Waals surface area contributed by atoms with Crippen molar-refractivity contribution in [2.45, 2.75) is 27.2 Å². The third-order valence-electron chi connectivity index (χ3n) is 3.09. The van der Waals surface area contributed by atoms with Gasteiger partial charge in [0.15, 0.2) is 0 Å². The molecule has 0 aliphatic heterocycles. The van der Waals surface area contributed by atoms with Crippen LogP contribution in [0, 0.1) is 11.8 Å². The van der Waals surface area contributed by atoms with Gasteiger partial charge in [-0.05, 0) is 30.2 Å². The van der Waals surface area contributed by atoms with Crippen LogP contribution in [0.2, 0.25) is 0 Å². The molecule has 0 fully saturated rings. The van der Waals surface area contributed by atoms with Crippen LogP contribution >= 0.6 is 0 Å². The molecule has 22 heavy (non-hydrogen) atoms. The minimum Gasteiger partial charge on any atom is -0.497 e. The minimum absolute atomic E-state index is 0.748. The molecule has 2 aromatic rings. The van der Waals surface area contributed by atoms with Crippen LogP contribution in [0.4, 0.5) is 0 Å². The molecule has 0 unspecified atom stereocenters. The molecule has 0 aliphatic rings. The third-order valence-corrected chi connectivity index (χ3v) is 3.09. The number of rotatable bonds is 3. The number of ether oxygens (including phenoxy) is 2. The molecule has 0 aromatic heterocycles. The molecular weight excluding hydrogens is 272 g/mol. The maximum atomic E-state index is 5.25. The molecule has 116 valence electrons. The second-order valence-electron chi connectivity index (χ2n) is 4.36. The fourth-order valence-electron chi connectivity index (χ4n) is 1.97. The van der Waals surface area contributed by atoms with Crippen molar-refractivity contribution in [3.63, 3.8) is 0 Å². The monoisotopic (exact) mass is 296 g/mol. The summed E-state index contributed by atoms with van der Waals surface area (Å²) < 4.78 is 10.5. The Morgan fingerprint density at radius 3 is 2.00 bits per heavy atom. The predicted octanol–water partition coefficient (Wildman–Crippen LogP) is 4.69. The molecule has 2 rings (SSSR count). The fraction of sp³-hybridized carbons (Fsp3) is 0.300. The van der Waals surface area contributed by atoms with E-state index in [9.17, 15) is 0 Å². The largest absolute Gasteiger partial charge is 0.497 e. The molecular formula is C20H24O2. The highest BCUT2D eigenvalue weighted by Gasteiger charge is 2.00. The maximum absolute atomic E-state index is 5.25. The predicted molar refractivity (Wildman–Crippen MR) is 92.7 cm³/mol. The average Bonchev–Trinajstić information content (AvgIpc) is 2.61. The van der Waals surface area contributed by atoms with Gasteiger partial charge in [-0.15, -0.1) is 0 Å². The van der Waals surface area contributed by atoms with Gasteiger partial charge in [0.2, 0.25) is 0 Å². The fourth-order valence-corrected chi connectivity index (χ4v) is 1.97. The van der Waals surface area contributed by atoms with Crippen LogP contribution in [0.15, 0.2) is 42.5 Å². The van der Waals surface area contributed by atoms with Crippen molar-refractivity contribution in [3.05, 3.63) is 59.2 Å². The van der Waals surface area contributed by atoms with Gasteiger partial charge in [0.1, 0.15) is 11.5 Å². The highest BCUT2D eigenvalue weighted by Crippen LogP contribution is 2.22. The van der Waals surface area contributed by atoms with Gasteiger partial charge in [-0.2, -0.15) is 0 Å². The van der Waals surface area contributed by atoms with E-state index in [0.29, 0.717) is 0 Å². The van der Waals surface area contributed by atoms with Crippen LogP contribution in [-0.4, -0.2) is 14.2 Å². The highest BCUT2D eigenvalue weighted by molar-refractivity contribution is 5.50. The molecule has 0 aliphatic carbocycles. The molecule has 0 saturated heterocycles. The SMILES string of the molecule is CC.CCc1ccccc1C#Cc1cc(OC)cc(OC)c1. The van der Waals surface area contributed by atoms with Crippen LogP contribution in [0.25, 0.3) is 0 Å². The van der Waals surface area contributed by atoms with E-state index in [-0.39, 0.29) is 0 Å². The number of benzene rings is 2. The first-order chi connectivity index (χ1) is 10.8. The summed E-state index contributed by atoms with van der Waals surface area (Å²) in [6.45, 7) is 6.13. The summed E-state index contributed by atoms with van der Waals surface area (Å²) >= 11 is 0. The molecule has 2 aromatic carbocycles. The molecule has 0 atom stereocenters. The van der Waals surface area contributed by atoms with Crippen LogP contribution in [0.5, 0.6) is 11.5 Å². The molecule has 2 nitrogen and oxygen atoms in total. The quantitative estimate of drug-likeness (QED) is 0.765. The molecule has 0 heterocycles. The van der Waals surface area contributed by atoms with Crippen molar-refractivity contribution in [2.75, 3.05) is 14.2 Å². The first-order valence-electron chi connectivity index (χ1n) is 7.59. The summed E-state index contributed by atoms with van der Waals surface area (Å²) in [4.78, 5) is 0. The van der Waals surface area contributed by atoms with Crippen molar-refractivity contribution in [3.8, 4) is 23.3 Å². The molecule has 2 heteroatoms. The van der Waals surface area contributed by atoms with E-state index < -0.39 is 0 Å². The van der Waals surface area contributed by atoms with Crippen molar-refractivity contribution in [1.29, 1.82) is 0 Å². The Morgan fingerprint density at radius 1 is 0.864 bits per heavy atom. The van der Waals surface area contributed by atoms with Gasteiger partial charge >= 0.3 is 0 Å². The second-order valence-corrected chi connectivity index (χ2v) is 4.36. The van der Waals surface area contributed by atoms with Crippen LogP contribution in [-0.2, 0) is 6.42 Å². The zero-order chi connectivity index (χ0) is 16.4. The lowest BCUT2D eigenvalue weighted by Gasteiger charge is -2.04. The first kappa shape index (κ1) is 17.7. The lowest BCUT2D eigenvalue weighted by atomic mass is 10.1. The molecule has 0 amide bonds. The number of methoxy groups -OCH3 is 2. The summed E-state index contributed by atoms with van der Waals surface area (Å²) in [6, 6.07) is 13.9. The molecule has 0 bridgehead atoms. The van der Waals surface area contributed by atoms with Gasteiger partial charge in [0.25, 0.3) is 0 Å². The van der Waals surface area contributed by atoms with Crippen molar-refractivity contribution in [1.82, 2.24) is 0 Å². The molecule has 0 N–H and O–H groups in total. The number of aryl methyl sites for hydroxylation is 1. The Bertz CT molecular complexity index is 626. The average molecular weight is 296 g/mol. The van der Waals surface area contributed by atoms with E-state index in [0.717, 1.165) is 29.0 Å². The normalized spacial score (nSPS) is 8.95. The second kappa shape index (κ2) is 9.52. The Labute approximate surface area is 134 Å². The van der Waals surface area contributed by atoms with Gasteiger partial charge in [-0.3, -0.25) is 0 Å². The van der Waals surface area contributed by atoms with E-state index >= 15 is 0 Å². The lowest BCUT2D eigenvalue weighted by molar-refractivity contribution is 0.394. The molecule has 0 spiro atoms. The smallest absolute Gasteiger partial charge is 0.123 e. The number of hydrogen-bond acceptors (Lipinski definition) is 2. The minimum atomic E-state index is 0.748.